The smallest absolute Gasteiger partial charge is 0.268 e. The SMILES string of the molecule is C=c1s/c(=C(/C#N)C(=O)NCC#N)n(CC)c1=O.Cc1cnc[nH]1. The van der Waals surface area contributed by atoms with Crippen LogP contribution in [-0.4, -0.2) is 27.0 Å². The number of aromatic amines is 1. The Bertz CT molecular complexity index is 940. The Balaban J connectivity index is 0.000000400. The van der Waals surface area contributed by atoms with E-state index in [1.165, 1.54) is 4.57 Å². The highest BCUT2D eigenvalue weighted by atomic mass is 32.1. The summed E-state index contributed by atoms with van der Waals surface area (Å²) in [5, 5.41) is 19.7. The van der Waals surface area contributed by atoms with Gasteiger partial charge in [0.1, 0.15) is 17.3 Å². The van der Waals surface area contributed by atoms with Gasteiger partial charge in [-0.25, -0.2) is 4.98 Å². The Hall–Kier alpha value is -3.17. The average molecular weight is 344 g/mol. The monoisotopic (exact) mass is 344 g/mol. The summed E-state index contributed by atoms with van der Waals surface area (Å²) in [4.78, 5) is 30.0. The molecule has 0 aliphatic heterocycles. The van der Waals surface area contributed by atoms with E-state index in [2.05, 4.69) is 21.9 Å². The minimum atomic E-state index is -0.664. The number of aryl methyl sites for hydroxylation is 1. The van der Waals surface area contributed by atoms with Gasteiger partial charge in [-0.2, -0.15) is 10.5 Å². The fraction of sp³-hybridized carbons (Fsp3) is 0.267. The van der Waals surface area contributed by atoms with Crippen LogP contribution in [0.1, 0.15) is 12.6 Å². The number of nitrogens with zero attached hydrogens (tertiary/aromatic N) is 4. The number of hydrogen-bond acceptors (Lipinski definition) is 6. The molecule has 9 heteroatoms. The first-order chi connectivity index (χ1) is 11.5. The van der Waals surface area contributed by atoms with E-state index in [1.54, 1.807) is 31.6 Å². The standard InChI is InChI=1S/C11H10N4O2S.C4H6N2/c1-3-15-10(17)7(2)18-11(15)8(6-13)9(16)14-5-4-12;1-4-2-5-3-6-4/h2-3,5H2,1H3,(H,14,16);2-3H,1H3,(H,5,6)/b11-8-;. The van der Waals surface area contributed by atoms with E-state index in [4.69, 9.17) is 10.5 Å². The number of carbonyl (C=O) groups is 1. The molecule has 0 saturated carbocycles. The summed E-state index contributed by atoms with van der Waals surface area (Å²) < 4.78 is 1.86. The minimum absolute atomic E-state index is 0.177. The van der Waals surface area contributed by atoms with Crippen molar-refractivity contribution in [2.75, 3.05) is 6.54 Å². The molecule has 0 bridgehead atoms. The van der Waals surface area contributed by atoms with Crippen molar-refractivity contribution >= 4 is 29.4 Å². The van der Waals surface area contributed by atoms with Gasteiger partial charge in [0.05, 0.1) is 16.9 Å². The summed E-state index contributed by atoms with van der Waals surface area (Å²) in [5.74, 6) is -0.664. The zero-order valence-electron chi connectivity index (χ0n) is 13.3. The van der Waals surface area contributed by atoms with Crippen LogP contribution >= 0.6 is 11.3 Å². The van der Waals surface area contributed by atoms with Gasteiger partial charge in [0.25, 0.3) is 11.5 Å². The first-order valence-corrected chi connectivity index (χ1v) is 7.71. The molecule has 24 heavy (non-hydrogen) atoms. The van der Waals surface area contributed by atoms with Crippen molar-refractivity contribution in [3.8, 4) is 12.1 Å². The van der Waals surface area contributed by atoms with Crippen molar-refractivity contribution in [1.29, 1.82) is 10.5 Å². The fourth-order valence-electron chi connectivity index (χ4n) is 1.66. The van der Waals surface area contributed by atoms with Gasteiger partial charge >= 0.3 is 0 Å². The van der Waals surface area contributed by atoms with Crippen molar-refractivity contribution in [1.82, 2.24) is 19.9 Å². The van der Waals surface area contributed by atoms with Gasteiger partial charge in [-0.1, -0.05) is 6.58 Å². The van der Waals surface area contributed by atoms with Crippen LogP contribution in [-0.2, 0) is 11.3 Å². The van der Waals surface area contributed by atoms with E-state index in [9.17, 15) is 9.59 Å². The Kier molecular flexibility index (Phi) is 7.14. The van der Waals surface area contributed by atoms with E-state index in [1.807, 2.05) is 6.92 Å². The van der Waals surface area contributed by atoms with Crippen molar-refractivity contribution in [2.45, 2.75) is 20.4 Å². The van der Waals surface area contributed by atoms with Gasteiger partial charge in [0.15, 0.2) is 5.57 Å². The predicted octanol–water partition coefficient (Wildman–Crippen LogP) is -0.628. The lowest BCUT2D eigenvalue weighted by Gasteiger charge is -1.99. The second-order valence-corrected chi connectivity index (χ2v) is 5.53. The Morgan fingerprint density at radius 3 is 2.67 bits per heavy atom. The van der Waals surface area contributed by atoms with Crippen molar-refractivity contribution in [3.05, 3.63) is 37.8 Å². The molecule has 1 amide bonds. The van der Waals surface area contributed by atoms with E-state index < -0.39 is 5.91 Å². The molecule has 0 aromatic carbocycles. The van der Waals surface area contributed by atoms with Crippen LogP contribution in [0.5, 0.6) is 0 Å². The van der Waals surface area contributed by atoms with Gasteiger partial charge in [0, 0.05) is 18.4 Å². The molecule has 0 aliphatic carbocycles. The number of H-pyrrole nitrogens is 1. The third-order valence-electron chi connectivity index (χ3n) is 2.78. The normalized spacial score (nSPS) is 10.7. The summed E-state index contributed by atoms with van der Waals surface area (Å²) in [5.41, 5.74) is 0.623. The number of amides is 1. The fourth-order valence-corrected chi connectivity index (χ4v) is 2.65. The highest BCUT2D eigenvalue weighted by Crippen LogP contribution is 1.92. The summed E-state index contributed by atoms with van der Waals surface area (Å²) in [6, 6.07) is 3.50. The molecule has 124 valence electrons. The largest absolute Gasteiger partial charge is 0.349 e. The van der Waals surface area contributed by atoms with Crippen LogP contribution in [0.4, 0.5) is 0 Å². The quantitative estimate of drug-likeness (QED) is 0.717. The van der Waals surface area contributed by atoms with Crippen molar-refractivity contribution in [2.24, 2.45) is 0 Å². The molecule has 8 nitrogen and oxygen atoms in total. The molecule has 0 atom stereocenters. The van der Waals surface area contributed by atoms with E-state index in [0.717, 1.165) is 17.0 Å². The number of imidazole rings is 1. The van der Waals surface area contributed by atoms with Crippen molar-refractivity contribution in [3.63, 3.8) is 0 Å². The van der Waals surface area contributed by atoms with Crippen LogP contribution in [0.3, 0.4) is 0 Å². The third kappa shape index (κ3) is 4.66. The van der Waals surface area contributed by atoms with Gasteiger partial charge in [-0.05, 0) is 13.8 Å². The number of hydrogen-bond donors (Lipinski definition) is 2. The summed E-state index contributed by atoms with van der Waals surface area (Å²) >= 11 is 0.996. The van der Waals surface area contributed by atoms with Crippen LogP contribution in [0.2, 0.25) is 0 Å². The highest BCUT2D eigenvalue weighted by Gasteiger charge is 2.14. The first kappa shape index (κ1) is 18.9. The lowest BCUT2D eigenvalue weighted by molar-refractivity contribution is -0.115. The number of nitrogens with one attached hydrogen (secondary N) is 2. The molecular weight excluding hydrogens is 328 g/mol. The van der Waals surface area contributed by atoms with Gasteiger partial charge in [0.2, 0.25) is 0 Å². The predicted molar refractivity (Wildman–Crippen MR) is 90.0 cm³/mol. The minimum Gasteiger partial charge on any atom is -0.349 e. The summed E-state index contributed by atoms with van der Waals surface area (Å²) in [6.07, 6.45) is 3.44. The molecule has 2 rings (SSSR count). The van der Waals surface area contributed by atoms with Crippen LogP contribution in [0.15, 0.2) is 17.3 Å². The lowest BCUT2D eigenvalue weighted by Crippen LogP contribution is -2.34. The first-order valence-electron chi connectivity index (χ1n) is 6.89. The maximum atomic E-state index is 11.7. The number of nitriles is 2. The maximum absolute atomic E-state index is 11.7. The van der Waals surface area contributed by atoms with Crippen LogP contribution in [0.25, 0.3) is 12.2 Å². The molecule has 2 N–H and O–H groups in total. The zero-order valence-corrected chi connectivity index (χ0v) is 14.1. The van der Waals surface area contributed by atoms with Crippen LogP contribution in [0, 0.1) is 29.6 Å². The van der Waals surface area contributed by atoms with Gasteiger partial charge < -0.3 is 10.3 Å². The molecule has 2 heterocycles. The van der Waals surface area contributed by atoms with E-state index in [-0.39, 0.29) is 26.9 Å². The molecule has 0 spiro atoms. The van der Waals surface area contributed by atoms with Crippen LogP contribution < -0.4 is 20.1 Å². The number of thiazole rings is 1. The molecule has 0 fully saturated rings. The number of rotatable bonds is 3. The molecule has 2 aromatic rings. The second-order valence-electron chi connectivity index (χ2n) is 4.44. The molecular formula is C15H16N6O2S. The highest BCUT2D eigenvalue weighted by molar-refractivity contribution is 7.07. The van der Waals surface area contributed by atoms with E-state index in [0.29, 0.717) is 6.54 Å². The maximum Gasteiger partial charge on any atom is 0.268 e. The summed E-state index contributed by atoms with van der Waals surface area (Å²) in [7, 11) is 0. The third-order valence-corrected chi connectivity index (χ3v) is 3.82. The number of carbonyl (C=O) groups excluding carboxylic acids is 1. The molecule has 0 unspecified atom stereocenters. The van der Waals surface area contributed by atoms with Gasteiger partial charge in [-0.3, -0.25) is 14.2 Å². The topological polar surface area (TPSA) is 127 Å². The Morgan fingerprint density at radius 2 is 2.25 bits per heavy atom. The lowest BCUT2D eigenvalue weighted by atomic mass is 10.3. The zero-order chi connectivity index (χ0) is 18.1. The number of aromatic nitrogens is 3. The average Bonchev–Trinajstić information content (AvgIpc) is 3.14. The van der Waals surface area contributed by atoms with Crippen molar-refractivity contribution < 1.29 is 4.79 Å². The molecule has 2 aromatic heterocycles. The second kappa shape index (κ2) is 9.08. The molecule has 0 aliphatic rings. The molecule has 0 radical (unpaired) electrons. The Morgan fingerprint density at radius 1 is 1.54 bits per heavy atom. The summed E-state index contributed by atoms with van der Waals surface area (Å²) in [6.45, 7) is 7.42. The Labute approximate surface area is 142 Å². The molecule has 0 saturated heterocycles. The van der Waals surface area contributed by atoms with Gasteiger partial charge in [-0.15, -0.1) is 11.3 Å². The van der Waals surface area contributed by atoms with E-state index >= 15 is 0 Å².